The topological polar surface area (TPSA) is 12.0 Å². The Bertz CT molecular complexity index is 1070. The number of halogens is 20. The lowest BCUT2D eigenvalue weighted by molar-refractivity contribution is -0.401. The van der Waals surface area contributed by atoms with Crippen molar-refractivity contribution >= 4 is 0 Å². The third kappa shape index (κ3) is 5.28. The zero-order valence-electron chi connectivity index (χ0n) is 16.8. The summed E-state index contributed by atoms with van der Waals surface area (Å²) < 4.78 is 249. The summed E-state index contributed by atoms with van der Waals surface area (Å²) >= 11 is 0. The first-order valence-corrected chi connectivity index (χ1v) is 8.46. The summed E-state index contributed by atoms with van der Waals surface area (Å²) in [5.41, 5.74) is -4.52. The molecule has 2 aromatic carbocycles. The SMILES string of the molecule is FCNC(F)(F)C(F)(F)C(F)(F)C(F)(F)F.Fc1c(F)c(F)c(-c2c(F)c(F)c(F)c(F)c2F)c(F)c1F. The van der Waals surface area contributed by atoms with Crippen molar-refractivity contribution in [3.05, 3.63) is 58.2 Å². The first kappa shape index (κ1) is 33.0. The molecule has 38 heavy (non-hydrogen) atoms. The Morgan fingerprint density at radius 1 is 0.395 bits per heavy atom. The maximum absolute atomic E-state index is 13.4. The standard InChI is InChI=1S/C12F10.C5H3F10N/c13-3-1(4(14)8(18)11(21)7(3)17)2-5(15)9(19)12(22)10(20)6(2)16;6-1-16-5(14,15)3(9,10)2(7,8)4(11,12)13/h;16H,1H2. The largest absolute Gasteiger partial charge is 0.460 e. The van der Waals surface area contributed by atoms with Crippen LogP contribution in [0.15, 0.2) is 0 Å². The van der Waals surface area contributed by atoms with Gasteiger partial charge in [0.05, 0.1) is 11.1 Å². The molecule has 0 unspecified atom stereocenters. The van der Waals surface area contributed by atoms with Crippen LogP contribution in [-0.4, -0.2) is 30.9 Å². The van der Waals surface area contributed by atoms with Crippen LogP contribution in [0.4, 0.5) is 87.8 Å². The minimum atomic E-state index is -6.99. The maximum atomic E-state index is 13.4. The van der Waals surface area contributed by atoms with Gasteiger partial charge in [-0.2, -0.15) is 39.5 Å². The van der Waals surface area contributed by atoms with Gasteiger partial charge in [-0.25, -0.2) is 53.6 Å². The van der Waals surface area contributed by atoms with Crippen LogP contribution in [0.2, 0.25) is 0 Å². The molecule has 0 aliphatic rings. The third-order valence-electron chi connectivity index (χ3n) is 4.10. The average Bonchev–Trinajstić information content (AvgIpc) is 2.80. The Morgan fingerprint density at radius 2 is 0.632 bits per heavy atom. The maximum Gasteiger partial charge on any atom is 0.460 e. The highest BCUT2D eigenvalue weighted by atomic mass is 19.4. The van der Waals surface area contributed by atoms with Crippen molar-refractivity contribution in [3.8, 4) is 11.1 Å². The number of rotatable bonds is 5. The van der Waals surface area contributed by atoms with E-state index in [0.29, 0.717) is 0 Å². The quantitative estimate of drug-likeness (QED) is 0.161. The normalized spacial score (nSPS) is 12.9. The van der Waals surface area contributed by atoms with Crippen molar-refractivity contribution in [3.63, 3.8) is 0 Å². The second-order valence-corrected chi connectivity index (χ2v) is 6.42. The molecule has 0 aliphatic carbocycles. The fourth-order valence-corrected chi connectivity index (χ4v) is 2.22. The molecule has 2 rings (SSSR count). The molecule has 0 radical (unpaired) electrons. The zero-order valence-corrected chi connectivity index (χ0v) is 16.8. The minimum absolute atomic E-state index is 0.0897. The van der Waals surface area contributed by atoms with Gasteiger partial charge >= 0.3 is 24.1 Å². The fourth-order valence-electron chi connectivity index (χ4n) is 2.22. The summed E-state index contributed by atoms with van der Waals surface area (Å²) in [5.74, 6) is -40.5. The van der Waals surface area contributed by atoms with E-state index in [9.17, 15) is 87.8 Å². The van der Waals surface area contributed by atoms with Gasteiger partial charge in [-0.3, -0.25) is 0 Å². The van der Waals surface area contributed by atoms with Crippen molar-refractivity contribution in [2.75, 3.05) is 6.80 Å². The number of nitrogens with one attached hydrogen (secondary N) is 1. The summed E-state index contributed by atoms with van der Waals surface area (Å²) in [7, 11) is 0. The van der Waals surface area contributed by atoms with Crippen LogP contribution in [-0.2, 0) is 0 Å². The van der Waals surface area contributed by atoms with Gasteiger partial charge in [0, 0.05) is 0 Å². The number of hydrogen-bond donors (Lipinski definition) is 1. The van der Waals surface area contributed by atoms with Crippen LogP contribution in [0.1, 0.15) is 0 Å². The smallest absolute Gasteiger partial charge is 0.234 e. The zero-order chi connectivity index (χ0) is 30.3. The molecule has 0 amide bonds. The van der Waals surface area contributed by atoms with E-state index >= 15 is 0 Å². The summed E-state index contributed by atoms with van der Waals surface area (Å²) in [6.45, 7) is -2.41. The molecule has 21 heteroatoms. The van der Waals surface area contributed by atoms with E-state index in [1.54, 1.807) is 0 Å². The van der Waals surface area contributed by atoms with Crippen molar-refractivity contribution in [1.82, 2.24) is 5.32 Å². The Labute approximate surface area is 194 Å². The highest BCUT2D eigenvalue weighted by Crippen LogP contribution is 2.52. The van der Waals surface area contributed by atoms with Crippen molar-refractivity contribution < 1.29 is 87.8 Å². The first-order valence-electron chi connectivity index (χ1n) is 8.46. The van der Waals surface area contributed by atoms with Crippen molar-refractivity contribution in [1.29, 1.82) is 0 Å². The van der Waals surface area contributed by atoms with Crippen LogP contribution in [0.5, 0.6) is 0 Å². The third-order valence-corrected chi connectivity index (χ3v) is 4.10. The minimum Gasteiger partial charge on any atom is -0.234 e. The molecule has 216 valence electrons. The van der Waals surface area contributed by atoms with Crippen LogP contribution in [0.3, 0.4) is 0 Å². The van der Waals surface area contributed by atoms with Gasteiger partial charge in [0.25, 0.3) is 0 Å². The first-order chi connectivity index (χ1) is 16.9. The summed E-state index contributed by atoms with van der Waals surface area (Å²) in [5, 5.41) is -0.0897. The molecule has 1 nitrogen and oxygen atoms in total. The molecule has 1 N–H and O–H groups in total. The van der Waals surface area contributed by atoms with Gasteiger partial charge in [0.1, 0.15) is 6.80 Å². The number of alkyl halides is 10. The highest BCUT2D eigenvalue weighted by Gasteiger charge is 2.81. The number of benzene rings is 2. The molecular weight excluding hydrogens is 598 g/mol. The Morgan fingerprint density at radius 3 is 0.842 bits per heavy atom. The summed E-state index contributed by atoms with van der Waals surface area (Å²) in [6, 6.07) is -6.04. The molecule has 0 bridgehead atoms. The van der Waals surface area contributed by atoms with Gasteiger partial charge in [0.15, 0.2) is 46.5 Å². The van der Waals surface area contributed by atoms with Crippen LogP contribution < -0.4 is 5.32 Å². The Kier molecular flexibility index (Phi) is 9.25. The van der Waals surface area contributed by atoms with Gasteiger partial charge in [-0.05, 0) is 0 Å². The number of hydrogen-bond acceptors (Lipinski definition) is 1. The molecule has 0 saturated carbocycles. The Hall–Kier alpha value is -3.00. The second-order valence-electron chi connectivity index (χ2n) is 6.42. The molecule has 0 atom stereocenters. The van der Waals surface area contributed by atoms with Crippen molar-refractivity contribution in [2.45, 2.75) is 24.1 Å². The molecule has 0 fully saturated rings. The van der Waals surface area contributed by atoms with Gasteiger partial charge < -0.3 is 0 Å². The lowest BCUT2D eigenvalue weighted by Gasteiger charge is -2.33. The van der Waals surface area contributed by atoms with E-state index in [2.05, 4.69) is 0 Å². The summed E-state index contributed by atoms with van der Waals surface area (Å²) in [6.07, 6.45) is -6.89. The molecular formula is C17H3F20N. The van der Waals surface area contributed by atoms with Gasteiger partial charge in [-0.15, -0.1) is 0 Å². The monoisotopic (exact) mass is 601 g/mol. The molecule has 0 saturated heterocycles. The van der Waals surface area contributed by atoms with E-state index < -0.39 is 100 Å². The van der Waals surface area contributed by atoms with Gasteiger partial charge in [0.2, 0.25) is 11.6 Å². The second kappa shape index (κ2) is 10.6. The molecule has 2 aromatic rings. The van der Waals surface area contributed by atoms with Crippen LogP contribution >= 0.6 is 0 Å². The Balaban J connectivity index is 0.000000403. The predicted molar refractivity (Wildman–Crippen MR) is 81.5 cm³/mol. The molecule has 0 aromatic heterocycles. The average molecular weight is 601 g/mol. The van der Waals surface area contributed by atoms with Crippen molar-refractivity contribution in [2.24, 2.45) is 0 Å². The van der Waals surface area contributed by atoms with E-state index in [-0.39, 0.29) is 5.32 Å². The van der Waals surface area contributed by atoms with E-state index in [1.165, 1.54) is 0 Å². The summed E-state index contributed by atoms with van der Waals surface area (Å²) in [4.78, 5) is 0. The van der Waals surface area contributed by atoms with Crippen LogP contribution in [0, 0.1) is 58.2 Å². The lowest BCUT2D eigenvalue weighted by atomic mass is 10.0. The molecule has 0 heterocycles. The lowest BCUT2D eigenvalue weighted by Crippen LogP contribution is -2.65. The van der Waals surface area contributed by atoms with Crippen LogP contribution in [0.25, 0.3) is 11.1 Å². The van der Waals surface area contributed by atoms with E-state index in [4.69, 9.17) is 0 Å². The molecule has 0 spiro atoms. The molecule has 0 aliphatic heterocycles. The van der Waals surface area contributed by atoms with E-state index in [0.717, 1.165) is 0 Å². The highest BCUT2D eigenvalue weighted by molar-refractivity contribution is 5.67. The fraction of sp³-hybridized carbons (Fsp3) is 0.294. The predicted octanol–water partition coefficient (Wildman–Crippen LogP) is 7.67. The van der Waals surface area contributed by atoms with Gasteiger partial charge in [-0.1, -0.05) is 0 Å². The van der Waals surface area contributed by atoms with E-state index in [1.807, 2.05) is 0 Å².